The number of anilines is 2. The van der Waals surface area contributed by atoms with Crippen LogP contribution in [-0.4, -0.2) is 56.3 Å². The van der Waals surface area contributed by atoms with Crippen LogP contribution in [0, 0.1) is 11.6 Å². The van der Waals surface area contributed by atoms with Crippen LogP contribution in [0.5, 0.6) is 0 Å². The average Bonchev–Trinajstić information content (AvgIpc) is 3.45. The Bertz CT molecular complexity index is 1310. The summed E-state index contributed by atoms with van der Waals surface area (Å²) >= 11 is 0. The Hall–Kier alpha value is -3.27. The van der Waals surface area contributed by atoms with E-state index in [1.165, 1.54) is 16.8 Å². The fourth-order valence-corrected chi connectivity index (χ4v) is 3.96. The van der Waals surface area contributed by atoms with Gasteiger partial charge in [0.15, 0.2) is 5.65 Å². The number of nitrogens with one attached hydrogen (secondary N) is 1. The smallest absolute Gasteiger partial charge is 0.322 e. The van der Waals surface area contributed by atoms with Crippen LogP contribution in [0.2, 0.25) is 0 Å². The Labute approximate surface area is 182 Å². The molecule has 2 N–H and O–H groups in total. The molecule has 2 aliphatic rings. The van der Waals surface area contributed by atoms with E-state index in [9.17, 15) is 18.7 Å². The van der Waals surface area contributed by atoms with E-state index < -0.39 is 49.2 Å². The van der Waals surface area contributed by atoms with Crippen molar-refractivity contribution in [2.45, 2.75) is 31.4 Å². The van der Waals surface area contributed by atoms with E-state index in [0.29, 0.717) is 23.7 Å². The van der Waals surface area contributed by atoms with Gasteiger partial charge in [0.1, 0.15) is 23.1 Å². The normalized spacial score (nSPS) is 26.4. The van der Waals surface area contributed by atoms with Gasteiger partial charge in [0.25, 0.3) is 0 Å². The zero-order chi connectivity index (χ0) is 25.1. The van der Waals surface area contributed by atoms with Gasteiger partial charge >= 0.3 is 6.03 Å². The minimum Gasteiger partial charge on any atom is -0.391 e. The lowest BCUT2D eigenvalue weighted by Crippen LogP contribution is -2.33. The molecule has 3 aromatic rings. The number of likely N-dealkylation sites (tertiary alicyclic amines) is 1. The fourth-order valence-electron chi connectivity index (χ4n) is 3.96. The Morgan fingerprint density at radius 2 is 2.16 bits per heavy atom. The largest absolute Gasteiger partial charge is 0.391 e. The molecular formula is C21H22F2N6O2. The molecule has 0 aliphatic carbocycles. The molecule has 2 atom stereocenters. The maximum absolute atomic E-state index is 14.5. The highest BCUT2D eigenvalue weighted by Crippen LogP contribution is 2.37. The van der Waals surface area contributed by atoms with E-state index in [1.807, 2.05) is 4.90 Å². The van der Waals surface area contributed by atoms with E-state index >= 15 is 0 Å². The first-order valence-corrected chi connectivity index (χ1v) is 9.84. The highest BCUT2D eigenvalue weighted by atomic mass is 19.1. The molecule has 0 saturated carbocycles. The minimum absolute atomic E-state index is 0.0949. The van der Waals surface area contributed by atoms with Crippen LogP contribution in [0.4, 0.5) is 25.1 Å². The third-order valence-electron chi connectivity index (χ3n) is 5.38. The Kier molecular flexibility index (Phi) is 3.89. The molecule has 0 spiro atoms. The average molecular weight is 432 g/mol. The lowest BCUT2D eigenvalue weighted by molar-refractivity contribution is 0.176. The van der Waals surface area contributed by atoms with Crippen molar-refractivity contribution in [2.24, 2.45) is 0 Å². The Morgan fingerprint density at radius 1 is 1.29 bits per heavy atom. The number of β-amino-alcohol motifs (C(OH)–C–C–N with tert-alkyl or cyclic N) is 1. The third-order valence-corrected chi connectivity index (χ3v) is 5.38. The molecule has 2 aromatic heterocycles. The van der Waals surface area contributed by atoms with Crippen molar-refractivity contribution in [1.82, 2.24) is 19.5 Å². The molecule has 0 bridgehead atoms. The zero-order valence-corrected chi connectivity index (χ0v) is 16.3. The summed E-state index contributed by atoms with van der Waals surface area (Å²) in [5.41, 5.74) is 0.517. The van der Waals surface area contributed by atoms with E-state index in [-0.39, 0.29) is 16.9 Å². The van der Waals surface area contributed by atoms with E-state index in [4.69, 9.17) is 5.48 Å². The van der Waals surface area contributed by atoms with Crippen LogP contribution in [0.3, 0.4) is 0 Å². The van der Waals surface area contributed by atoms with Crippen molar-refractivity contribution in [3.8, 4) is 0 Å². The number of hydrogen-bond donors (Lipinski definition) is 2. The summed E-state index contributed by atoms with van der Waals surface area (Å²) in [5.74, 6) is -0.607. The number of urea groups is 1. The molecule has 10 heteroatoms. The molecule has 5 rings (SSSR count). The van der Waals surface area contributed by atoms with Gasteiger partial charge in [-0.05, 0) is 43.5 Å². The van der Waals surface area contributed by atoms with Crippen molar-refractivity contribution in [2.75, 3.05) is 29.8 Å². The molecule has 0 radical (unpaired) electrons. The van der Waals surface area contributed by atoms with Crippen LogP contribution in [0.25, 0.3) is 5.65 Å². The van der Waals surface area contributed by atoms with E-state index in [0.717, 1.165) is 18.6 Å². The van der Waals surface area contributed by atoms with Crippen molar-refractivity contribution < 1.29 is 24.2 Å². The van der Waals surface area contributed by atoms with Gasteiger partial charge in [0.05, 0.1) is 21.1 Å². The highest BCUT2D eigenvalue weighted by Gasteiger charge is 2.30. The van der Waals surface area contributed by atoms with Gasteiger partial charge in [0, 0.05) is 34.0 Å². The first-order valence-electron chi connectivity index (χ1n) is 11.8. The van der Waals surface area contributed by atoms with Gasteiger partial charge < -0.3 is 20.2 Å². The number of halogens is 2. The molecule has 2 amide bonds. The highest BCUT2D eigenvalue weighted by molar-refractivity contribution is 5.93. The molecule has 1 aromatic carbocycles. The molecule has 2 aliphatic heterocycles. The predicted octanol–water partition coefficient (Wildman–Crippen LogP) is 2.95. The summed E-state index contributed by atoms with van der Waals surface area (Å²) in [5, 5.41) is 16.5. The Morgan fingerprint density at radius 3 is 2.97 bits per heavy atom. The summed E-state index contributed by atoms with van der Waals surface area (Å²) in [4.78, 5) is 19.6. The molecule has 31 heavy (non-hydrogen) atoms. The molecule has 162 valence electrons. The topological polar surface area (TPSA) is 86.0 Å². The number of aromatic nitrogens is 3. The van der Waals surface area contributed by atoms with Crippen molar-refractivity contribution in [3.63, 3.8) is 0 Å². The van der Waals surface area contributed by atoms with E-state index in [2.05, 4.69) is 15.4 Å². The number of rotatable bonds is 3. The van der Waals surface area contributed by atoms with Crippen LogP contribution in [0.15, 0.2) is 36.7 Å². The van der Waals surface area contributed by atoms with Crippen LogP contribution < -0.4 is 10.2 Å². The first kappa shape index (κ1) is 15.5. The zero-order valence-electron chi connectivity index (χ0n) is 20.3. The van der Waals surface area contributed by atoms with Crippen molar-refractivity contribution >= 4 is 23.2 Å². The van der Waals surface area contributed by atoms with Gasteiger partial charge in [-0.25, -0.2) is 23.1 Å². The van der Waals surface area contributed by atoms with Gasteiger partial charge in [-0.1, -0.05) is 0 Å². The number of aliphatic hydroxyl groups is 1. The van der Waals surface area contributed by atoms with E-state index in [1.54, 1.807) is 12.3 Å². The number of nitrogens with zero attached hydrogens (tertiary/aromatic N) is 5. The Balaban J connectivity index is 1.46. The second kappa shape index (κ2) is 7.77. The van der Waals surface area contributed by atoms with Gasteiger partial charge in [-0.2, -0.15) is 5.10 Å². The maximum Gasteiger partial charge on any atom is 0.322 e. The molecular weight excluding hydrogens is 406 g/mol. The number of carbonyl (C=O) groups is 1. The molecule has 2 saturated heterocycles. The lowest BCUT2D eigenvalue weighted by atomic mass is 10.0. The minimum atomic E-state index is -2.62. The summed E-state index contributed by atoms with van der Waals surface area (Å²) in [6, 6.07) is 3.46. The quantitative estimate of drug-likeness (QED) is 0.665. The summed E-state index contributed by atoms with van der Waals surface area (Å²) in [6.45, 7) is -4.48. The summed E-state index contributed by atoms with van der Waals surface area (Å²) < 4.78 is 61.5. The van der Waals surface area contributed by atoms with Crippen LogP contribution >= 0.6 is 0 Å². The summed E-state index contributed by atoms with van der Waals surface area (Å²) in [6.07, 6.45) is 1.94. The van der Waals surface area contributed by atoms with Crippen molar-refractivity contribution in [3.05, 3.63) is 53.9 Å². The monoisotopic (exact) mass is 432 g/mol. The lowest BCUT2D eigenvalue weighted by Gasteiger charge is -2.26. The van der Waals surface area contributed by atoms with Crippen LogP contribution in [-0.2, 0) is 0 Å². The number of amides is 2. The predicted molar refractivity (Wildman–Crippen MR) is 110 cm³/mol. The summed E-state index contributed by atoms with van der Waals surface area (Å²) in [7, 11) is 0. The van der Waals surface area contributed by atoms with Crippen molar-refractivity contribution in [1.29, 1.82) is 0 Å². The van der Waals surface area contributed by atoms with Gasteiger partial charge in [0.2, 0.25) is 0 Å². The standard InChI is InChI=1S/C21H22F2N6O2/c22-13-3-4-16(23)15(10-13)18-2-1-7-28(18)19-6-9-29-20(26-19)17(11-24-29)25-21(31)27-8-5-14(30)12-27/h3-4,6,9-11,14,18,30H,1-2,5,7-8,12H2,(H,25,31)/t14?,18-/m1/s1/i8D2,12D2. The van der Waals surface area contributed by atoms with Gasteiger partial charge in [-0.15, -0.1) is 0 Å². The first-order chi connectivity index (χ1) is 16.5. The number of fused-ring (bicyclic) bond motifs is 1. The van der Waals surface area contributed by atoms with Gasteiger partial charge in [-0.3, -0.25) is 0 Å². The number of carbonyl (C=O) groups excluding carboxylic acids is 1. The second-order valence-corrected chi connectivity index (χ2v) is 7.40. The molecule has 2 fully saturated rings. The SMILES string of the molecule is [2H]C1([2H])CC(O)C([2H])([2H])N1C(=O)Nc1cnn2ccc(N3CCC[C@@H]3c3cc(F)ccc3F)nc12. The fraction of sp³-hybridized carbons (Fsp3) is 0.381. The van der Waals surface area contributed by atoms with Crippen LogP contribution in [0.1, 0.15) is 36.4 Å². The maximum atomic E-state index is 14.5. The third kappa shape index (κ3) is 3.67. The molecule has 4 heterocycles. The number of hydrogen-bond acceptors (Lipinski definition) is 5. The number of aliphatic hydroxyl groups excluding tert-OH is 1. The number of benzene rings is 1. The second-order valence-electron chi connectivity index (χ2n) is 7.40. The molecule has 1 unspecified atom stereocenters. The molecule has 8 nitrogen and oxygen atoms in total.